The average molecular weight is 451 g/mol. The first-order valence-corrected chi connectivity index (χ1v) is 8.01. The lowest BCUT2D eigenvalue weighted by Gasteiger charge is -2.36. The standard InChI is InChI=1S/C13H12IN3.C2HF3O2/c14-10-3-9(6-16-7-10)13(8-15)4-11-1-2-12(5-13)17-11;3-2(4,5)1(6)7/h1-3,6-7,11-12,17H,4-5H2;(H,6,7)/t11-,12+,13?;. The molecule has 1 unspecified atom stereocenters. The maximum Gasteiger partial charge on any atom is 0.490 e. The summed E-state index contributed by atoms with van der Waals surface area (Å²) in [4.78, 5) is 13.1. The second-order valence-electron chi connectivity index (χ2n) is 5.56. The Morgan fingerprint density at radius 3 is 2.33 bits per heavy atom. The Bertz CT molecular complexity index is 686. The lowest BCUT2D eigenvalue weighted by molar-refractivity contribution is -0.192. The van der Waals surface area contributed by atoms with E-state index in [1.54, 1.807) is 0 Å². The molecule has 3 atom stereocenters. The van der Waals surface area contributed by atoms with Gasteiger partial charge < -0.3 is 10.4 Å². The number of aromatic nitrogens is 1. The van der Waals surface area contributed by atoms with Gasteiger partial charge in [-0.2, -0.15) is 18.4 Å². The van der Waals surface area contributed by atoms with E-state index in [1.807, 2.05) is 12.4 Å². The molecule has 0 aromatic carbocycles. The summed E-state index contributed by atoms with van der Waals surface area (Å²) in [7, 11) is 0. The van der Waals surface area contributed by atoms with Crippen molar-refractivity contribution in [1.82, 2.24) is 10.3 Å². The smallest absolute Gasteiger partial charge is 0.475 e. The zero-order chi connectivity index (χ0) is 18.0. The third-order valence-corrected chi connectivity index (χ3v) is 4.44. The number of carbonyl (C=O) groups is 1. The summed E-state index contributed by atoms with van der Waals surface area (Å²) in [6.07, 6.45) is 4.64. The first-order chi connectivity index (χ1) is 11.2. The fourth-order valence-electron chi connectivity index (χ4n) is 2.81. The Hall–Kier alpha value is -1.67. The summed E-state index contributed by atoms with van der Waals surface area (Å²) in [5, 5.41) is 20.2. The van der Waals surface area contributed by atoms with Crippen LogP contribution in [0.25, 0.3) is 0 Å². The van der Waals surface area contributed by atoms with Crippen LogP contribution >= 0.6 is 22.6 Å². The number of nitriles is 1. The summed E-state index contributed by atoms with van der Waals surface area (Å²) in [6, 6.07) is 5.30. The van der Waals surface area contributed by atoms with Crippen molar-refractivity contribution in [1.29, 1.82) is 5.26 Å². The molecule has 0 saturated carbocycles. The molecule has 3 rings (SSSR count). The highest BCUT2D eigenvalue weighted by molar-refractivity contribution is 14.1. The minimum atomic E-state index is -5.08. The van der Waals surface area contributed by atoms with E-state index in [0.29, 0.717) is 12.1 Å². The van der Waals surface area contributed by atoms with E-state index < -0.39 is 12.1 Å². The van der Waals surface area contributed by atoms with E-state index in [1.165, 1.54) is 0 Å². The van der Waals surface area contributed by atoms with Gasteiger partial charge in [0.05, 0.1) is 11.5 Å². The highest BCUT2D eigenvalue weighted by Gasteiger charge is 2.43. The number of alkyl halides is 3. The topological polar surface area (TPSA) is 86.0 Å². The Morgan fingerprint density at radius 1 is 1.38 bits per heavy atom. The molecule has 0 spiro atoms. The molecule has 2 aliphatic rings. The predicted molar refractivity (Wildman–Crippen MR) is 87.0 cm³/mol. The van der Waals surface area contributed by atoms with Crippen LogP contribution in [-0.4, -0.2) is 34.3 Å². The minimum Gasteiger partial charge on any atom is -0.475 e. The van der Waals surface area contributed by atoms with E-state index in [2.05, 4.69) is 57.2 Å². The van der Waals surface area contributed by atoms with Crippen LogP contribution in [0.5, 0.6) is 0 Å². The van der Waals surface area contributed by atoms with Gasteiger partial charge in [0.2, 0.25) is 0 Å². The molecular weight excluding hydrogens is 438 g/mol. The van der Waals surface area contributed by atoms with Gasteiger partial charge in [0.25, 0.3) is 0 Å². The third-order valence-electron chi connectivity index (χ3n) is 3.85. The van der Waals surface area contributed by atoms with Gasteiger partial charge in [-0.15, -0.1) is 0 Å². The Balaban J connectivity index is 0.000000256. The molecule has 128 valence electrons. The number of pyridine rings is 1. The molecule has 2 bridgehead atoms. The molecule has 1 aromatic rings. The van der Waals surface area contributed by atoms with Crippen LogP contribution in [0.15, 0.2) is 30.6 Å². The quantitative estimate of drug-likeness (QED) is 0.507. The lowest BCUT2D eigenvalue weighted by atomic mass is 9.72. The monoisotopic (exact) mass is 451 g/mol. The largest absolute Gasteiger partial charge is 0.490 e. The maximum absolute atomic E-state index is 10.6. The second kappa shape index (κ2) is 7.06. The molecule has 2 aliphatic heterocycles. The fraction of sp³-hybridized carbons (Fsp3) is 0.400. The number of aliphatic carboxylic acids is 1. The van der Waals surface area contributed by atoms with Crippen LogP contribution in [0, 0.1) is 14.9 Å². The Labute approximate surface area is 149 Å². The number of carboxylic acid groups (broad SMARTS) is 1. The van der Waals surface area contributed by atoms with Gasteiger partial charge in [-0.3, -0.25) is 4.98 Å². The number of carboxylic acids is 1. The molecule has 2 N–H and O–H groups in total. The number of halogens is 4. The second-order valence-corrected chi connectivity index (χ2v) is 6.81. The molecule has 5 nitrogen and oxygen atoms in total. The summed E-state index contributed by atoms with van der Waals surface area (Å²) >= 11 is 2.25. The summed E-state index contributed by atoms with van der Waals surface area (Å²) in [5.74, 6) is -2.76. The molecule has 0 aliphatic carbocycles. The van der Waals surface area contributed by atoms with Crippen molar-refractivity contribution in [3.8, 4) is 6.07 Å². The van der Waals surface area contributed by atoms with E-state index in [0.717, 1.165) is 22.0 Å². The normalized spacial score (nSPS) is 27.8. The van der Waals surface area contributed by atoms with Crippen molar-refractivity contribution in [3.63, 3.8) is 0 Å². The van der Waals surface area contributed by atoms with Crippen molar-refractivity contribution in [3.05, 3.63) is 39.7 Å². The molecule has 3 heterocycles. The molecule has 24 heavy (non-hydrogen) atoms. The van der Waals surface area contributed by atoms with E-state index in [-0.39, 0.29) is 5.41 Å². The van der Waals surface area contributed by atoms with Gasteiger partial charge in [-0.25, -0.2) is 4.79 Å². The average Bonchev–Trinajstić information content (AvgIpc) is 2.86. The van der Waals surface area contributed by atoms with Gasteiger partial charge in [-0.05, 0) is 47.1 Å². The van der Waals surface area contributed by atoms with Gasteiger partial charge in [0.1, 0.15) is 0 Å². The summed E-state index contributed by atoms with van der Waals surface area (Å²) in [6.45, 7) is 0. The van der Waals surface area contributed by atoms with Crippen molar-refractivity contribution in [2.24, 2.45) is 0 Å². The maximum atomic E-state index is 10.6. The number of rotatable bonds is 1. The van der Waals surface area contributed by atoms with Crippen molar-refractivity contribution in [2.45, 2.75) is 36.5 Å². The van der Waals surface area contributed by atoms with E-state index >= 15 is 0 Å². The van der Waals surface area contributed by atoms with Crippen molar-refractivity contribution >= 4 is 28.6 Å². The molecule has 1 saturated heterocycles. The molecule has 0 radical (unpaired) electrons. The Morgan fingerprint density at radius 2 is 1.92 bits per heavy atom. The number of nitrogens with zero attached hydrogens (tertiary/aromatic N) is 2. The molecule has 9 heteroatoms. The molecule has 1 fully saturated rings. The minimum absolute atomic E-state index is 0.339. The molecule has 1 aromatic heterocycles. The zero-order valence-corrected chi connectivity index (χ0v) is 14.4. The van der Waals surface area contributed by atoms with Crippen LogP contribution in [-0.2, 0) is 10.2 Å². The van der Waals surface area contributed by atoms with Crippen LogP contribution in [0.3, 0.4) is 0 Å². The SMILES string of the molecule is N#CC1(c2cncc(I)c2)C[C@H]2C=C[C@@H](C1)N2.O=C(O)C(F)(F)F. The van der Waals surface area contributed by atoms with Gasteiger partial charge in [0.15, 0.2) is 0 Å². The lowest BCUT2D eigenvalue weighted by Crippen LogP contribution is -2.46. The van der Waals surface area contributed by atoms with Crippen LogP contribution in [0.1, 0.15) is 18.4 Å². The Kier molecular flexibility index (Phi) is 5.49. The number of piperidine rings is 1. The fourth-order valence-corrected chi connectivity index (χ4v) is 3.30. The van der Waals surface area contributed by atoms with Crippen molar-refractivity contribution in [2.75, 3.05) is 0 Å². The summed E-state index contributed by atoms with van der Waals surface area (Å²) < 4.78 is 32.8. The van der Waals surface area contributed by atoms with Crippen molar-refractivity contribution < 1.29 is 23.1 Å². The number of hydrogen-bond acceptors (Lipinski definition) is 4. The molecule has 0 amide bonds. The van der Waals surface area contributed by atoms with E-state index in [4.69, 9.17) is 9.90 Å². The number of hydrogen-bond donors (Lipinski definition) is 2. The first kappa shape index (κ1) is 18.7. The summed E-state index contributed by atoms with van der Waals surface area (Å²) in [5.41, 5.74) is 0.685. The highest BCUT2D eigenvalue weighted by atomic mass is 127. The highest BCUT2D eigenvalue weighted by Crippen LogP contribution is 2.39. The predicted octanol–water partition coefficient (Wildman–Crippen LogP) is 2.77. The van der Waals surface area contributed by atoms with E-state index in [9.17, 15) is 18.4 Å². The number of nitrogens with one attached hydrogen (secondary N) is 1. The number of fused-ring (bicyclic) bond motifs is 2. The van der Waals surface area contributed by atoms with Crippen LogP contribution in [0.4, 0.5) is 13.2 Å². The van der Waals surface area contributed by atoms with Gasteiger partial charge >= 0.3 is 12.1 Å². The van der Waals surface area contributed by atoms with Gasteiger partial charge in [-0.1, -0.05) is 12.2 Å². The molecular formula is C15H13F3IN3O2. The van der Waals surface area contributed by atoms with Crippen LogP contribution < -0.4 is 5.32 Å². The zero-order valence-electron chi connectivity index (χ0n) is 12.2. The third kappa shape index (κ3) is 4.24. The van der Waals surface area contributed by atoms with Gasteiger partial charge in [0, 0.05) is 28.0 Å². The van der Waals surface area contributed by atoms with Crippen LogP contribution in [0.2, 0.25) is 0 Å². The first-order valence-electron chi connectivity index (χ1n) is 6.93.